The van der Waals surface area contributed by atoms with E-state index in [1.807, 2.05) is 6.92 Å². The van der Waals surface area contributed by atoms with Crippen LogP contribution in [0.3, 0.4) is 0 Å². The van der Waals surface area contributed by atoms with Crippen LogP contribution in [-0.4, -0.2) is 48.0 Å². The Morgan fingerprint density at radius 3 is 2.51 bits per heavy atom. The molecule has 13 atom stereocenters. The van der Waals surface area contributed by atoms with Crippen LogP contribution in [0.4, 0.5) is 0 Å². The SMILES string of the molecule is C=C(/C=C\N=CC)[C@H]1CCO[P@](=O)(OCC[C@@H](C)[C@H]2CCC3C4C(CC[C@@]32C)[C@@]2(C)CC[C@@H](O)CC2[C@@H](C(C)C)[C@H]4O)O1. The Morgan fingerprint density at radius 1 is 1.07 bits per heavy atom. The smallest absolute Gasteiger partial charge is 0.393 e. The van der Waals surface area contributed by atoms with Gasteiger partial charge in [-0.15, -0.1) is 0 Å². The van der Waals surface area contributed by atoms with Gasteiger partial charge < -0.3 is 10.2 Å². The molecule has 244 valence electrons. The van der Waals surface area contributed by atoms with Crippen LogP contribution in [0.25, 0.3) is 0 Å². The fraction of sp³-hybridized carbons (Fsp3) is 0.857. The quantitative estimate of drug-likeness (QED) is 0.154. The van der Waals surface area contributed by atoms with Gasteiger partial charge in [0.2, 0.25) is 0 Å². The van der Waals surface area contributed by atoms with Crippen molar-refractivity contribution < 1.29 is 28.3 Å². The molecule has 0 aromatic rings. The molecule has 8 heteroatoms. The van der Waals surface area contributed by atoms with Gasteiger partial charge in [-0.3, -0.25) is 18.6 Å². The van der Waals surface area contributed by atoms with E-state index in [1.54, 1.807) is 18.5 Å². The molecule has 4 saturated carbocycles. The first-order chi connectivity index (χ1) is 20.3. The number of aliphatic hydroxyl groups excluding tert-OH is 2. The highest BCUT2D eigenvalue weighted by Crippen LogP contribution is 2.70. The maximum absolute atomic E-state index is 13.3. The lowest BCUT2D eigenvalue weighted by Gasteiger charge is -2.65. The zero-order valence-electron chi connectivity index (χ0n) is 27.5. The second kappa shape index (κ2) is 13.1. The first-order valence-electron chi connectivity index (χ1n) is 17.1. The number of hydrogen-bond acceptors (Lipinski definition) is 7. The van der Waals surface area contributed by atoms with Crippen LogP contribution in [0, 0.1) is 58.2 Å². The highest BCUT2D eigenvalue weighted by molar-refractivity contribution is 7.48. The fourth-order valence-electron chi connectivity index (χ4n) is 10.9. The summed E-state index contributed by atoms with van der Waals surface area (Å²) in [6.07, 6.45) is 13.1. The summed E-state index contributed by atoms with van der Waals surface area (Å²) in [5, 5.41) is 22.8. The van der Waals surface area contributed by atoms with Crippen molar-refractivity contribution >= 4 is 14.0 Å². The molecular weight excluding hydrogens is 561 g/mol. The van der Waals surface area contributed by atoms with Crippen LogP contribution in [0.5, 0.6) is 0 Å². The van der Waals surface area contributed by atoms with Crippen molar-refractivity contribution in [3.8, 4) is 0 Å². The number of phosphoric ester groups is 1. The third-order valence-electron chi connectivity index (χ3n) is 13.0. The van der Waals surface area contributed by atoms with Gasteiger partial charge >= 0.3 is 7.82 Å². The molecule has 0 radical (unpaired) electrons. The van der Waals surface area contributed by atoms with E-state index in [9.17, 15) is 14.8 Å². The Balaban J connectivity index is 1.23. The third-order valence-corrected chi connectivity index (χ3v) is 14.5. The van der Waals surface area contributed by atoms with Gasteiger partial charge in [0.15, 0.2) is 0 Å². The van der Waals surface area contributed by atoms with Crippen molar-refractivity contribution in [1.82, 2.24) is 0 Å². The molecular formula is C35H58NO6P. The van der Waals surface area contributed by atoms with Crippen LogP contribution < -0.4 is 0 Å². The maximum Gasteiger partial charge on any atom is 0.475 e. The lowest BCUT2D eigenvalue weighted by atomic mass is 9.40. The molecule has 5 aliphatic rings. The number of nitrogens with zero attached hydrogens (tertiary/aromatic N) is 1. The van der Waals surface area contributed by atoms with Crippen molar-refractivity contribution in [3.63, 3.8) is 0 Å². The number of aliphatic hydroxyl groups is 2. The van der Waals surface area contributed by atoms with E-state index in [2.05, 4.69) is 46.2 Å². The first-order valence-corrected chi connectivity index (χ1v) is 18.6. The zero-order chi connectivity index (χ0) is 31.2. The van der Waals surface area contributed by atoms with Gasteiger partial charge in [-0.05, 0) is 128 Å². The summed E-state index contributed by atoms with van der Waals surface area (Å²) in [5.41, 5.74) is 1.09. The molecule has 43 heavy (non-hydrogen) atoms. The van der Waals surface area contributed by atoms with E-state index in [1.165, 1.54) is 25.7 Å². The molecule has 0 bridgehead atoms. The van der Waals surface area contributed by atoms with Crippen LogP contribution in [0.1, 0.15) is 99.3 Å². The second-order valence-electron chi connectivity index (χ2n) is 15.4. The molecule has 0 aromatic heterocycles. The molecule has 0 amide bonds. The molecule has 4 unspecified atom stereocenters. The monoisotopic (exact) mass is 619 g/mol. The predicted molar refractivity (Wildman–Crippen MR) is 172 cm³/mol. The van der Waals surface area contributed by atoms with Gasteiger partial charge in [-0.1, -0.05) is 41.2 Å². The molecule has 4 aliphatic carbocycles. The van der Waals surface area contributed by atoms with Crippen LogP contribution in [-0.2, 0) is 18.1 Å². The summed E-state index contributed by atoms with van der Waals surface area (Å²) in [6, 6.07) is 0. The summed E-state index contributed by atoms with van der Waals surface area (Å²) < 4.78 is 30.5. The molecule has 7 nitrogen and oxygen atoms in total. The second-order valence-corrected chi connectivity index (χ2v) is 17.1. The van der Waals surface area contributed by atoms with Crippen molar-refractivity contribution in [2.24, 2.45) is 63.2 Å². The largest absolute Gasteiger partial charge is 0.475 e. The number of aliphatic imine (C=N–C) groups is 1. The Labute approximate surface area is 260 Å². The molecule has 2 N–H and O–H groups in total. The standard InChI is InChI=1S/C35H58NO6P/c1-8-36-18-13-24(5)30-15-20-41-43(39,42-30)40-19-14-23(4)26-9-10-27-32-28(12-17-34(26,27)6)35(7)16-11-25(37)21-29(35)31(22(2)3)33(32)38/h8,13,18,22-23,25-33,37-38H,5,9-12,14-17,19-21H2,1-4,6-7H3/b18-13-,36-8?/t23-,25-,26-,27?,28?,29?,30-,31-,32?,33-,34-,35-,43+/m1/s1. The van der Waals surface area contributed by atoms with Crippen molar-refractivity contribution in [2.45, 2.75) is 118 Å². The lowest BCUT2D eigenvalue weighted by Crippen LogP contribution is -2.63. The van der Waals surface area contributed by atoms with E-state index < -0.39 is 13.9 Å². The van der Waals surface area contributed by atoms with Crippen LogP contribution in [0.2, 0.25) is 0 Å². The van der Waals surface area contributed by atoms with Gasteiger partial charge in [0, 0.05) is 18.8 Å². The van der Waals surface area contributed by atoms with Crippen LogP contribution >= 0.6 is 7.82 Å². The summed E-state index contributed by atoms with van der Waals surface area (Å²) in [6.45, 7) is 18.4. The fourth-order valence-corrected chi connectivity index (χ4v) is 12.3. The molecule has 1 heterocycles. The van der Waals surface area contributed by atoms with Gasteiger partial charge in [-0.2, -0.15) is 0 Å². The molecule has 5 fully saturated rings. The van der Waals surface area contributed by atoms with Crippen molar-refractivity contribution in [1.29, 1.82) is 0 Å². The molecule has 0 spiro atoms. The van der Waals surface area contributed by atoms with E-state index in [0.29, 0.717) is 66.6 Å². The summed E-state index contributed by atoms with van der Waals surface area (Å²) >= 11 is 0. The minimum Gasteiger partial charge on any atom is -0.393 e. The van der Waals surface area contributed by atoms with Gasteiger partial charge in [-0.25, -0.2) is 4.57 Å². The highest BCUT2D eigenvalue weighted by Gasteiger charge is 2.65. The van der Waals surface area contributed by atoms with Crippen molar-refractivity contribution in [3.05, 3.63) is 24.4 Å². The van der Waals surface area contributed by atoms with E-state index >= 15 is 0 Å². The Morgan fingerprint density at radius 2 is 1.79 bits per heavy atom. The van der Waals surface area contributed by atoms with Crippen molar-refractivity contribution in [2.75, 3.05) is 13.2 Å². The summed E-state index contributed by atoms with van der Waals surface area (Å²) in [5.74, 6) is 3.36. The predicted octanol–water partition coefficient (Wildman–Crippen LogP) is 7.98. The van der Waals surface area contributed by atoms with E-state index in [0.717, 1.165) is 25.7 Å². The first kappa shape index (κ1) is 33.5. The number of phosphoric acid groups is 1. The molecule has 0 aromatic carbocycles. The lowest BCUT2D eigenvalue weighted by molar-refractivity contribution is -0.211. The molecule has 1 saturated heterocycles. The Kier molecular flexibility index (Phi) is 10.2. The molecule has 1 aliphatic heterocycles. The minimum absolute atomic E-state index is 0.179. The summed E-state index contributed by atoms with van der Waals surface area (Å²) in [7, 11) is -3.65. The van der Waals surface area contributed by atoms with Gasteiger partial charge in [0.25, 0.3) is 0 Å². The number of rotatable bonds is 9. The topological polar surface area (TPSA) is 97.6 Å². The van der Waals surface area contributed by atoms with Gasteiger partial charge in [0.1, 0.15) is 0 Å². The van der Waals surface area contributed by atoms with Crippen LogP contribution in [0.15, 0.2) is 29.4 Å². The van der Waals surface area contributed by atoms with Gasteiger partial charge in [0.05, 0.1) is 31.5 Å². The highest BCUT2D eigenvalue weighted by atomic mass is 31.2. The maximum atomic E-state index is 13.3. The number of hydrogen-bond donors (Lipinski definition) is 2. The molecule has 5 rings (SSSR count). The average Bonchev–Trinajstić information content (AvgIpc) is 3.31. The Hall–Kier alpha value is -0.820. The normalized spacial score (nSPS) is 47.4. The van der Waals surface area contributed by atoms with E-state index in [-0.39, 0.29) is 29.0 Å². The minimum atomic E-state index is -3.65. The zero-order valence-corrected chi connectivity index (χ0v) is 28.4. The Bertz CT molecular complexity index is 1110. The summed E-state index contributed by atoms with van der Waals surface area (Å²) in [4.78, 5) is 4.07. The average molecular weight is 620 g/mol. The number of fused-ring (bicyclic) bond motifs is 5. The third kappa shape index (κ3) is 6.30. The van der Waals surface area contributed by atoms with E-state index in [4.69, 9.17) is 13.6 Å².